The van der Waals surface area contributed by atoms with Crippen LogP contribution >= 0.6 is 36.2 Å². The van der Waals surface area contributed by atoms with Crippen molar-refractivity contribution < 1.29 is 4.79 Å². The van der Waals surface area contributed by atoms with Gasteiger partial charge in [0.05, 0.1) is 5.69 Å². The Morgan fingerprint density at radius 2 is 1.93 bits per heavy atom. The van der Waals surface area contributed by atoms with Crippen LogP contribution in [0.4, 0.5) is 0 Å². The standard InChI is InChI=1S/C17H20N6OS.2ClH/c18-9-16-20-14(12-25-16)17(24)22-7-5-21(6-8-22)10-13-11-23-4-2-1-3-15(23)19-13;;/h1-4,11-12H,5-10,18H2;2*1H. The molecule has 1 fully saturated rings. The van der Waals surface area contributed by atoms with E-state index in [1.54, 1.807) is 5.38 Å². The number of imidazole rings is 1. The van der Waals surface area contributed by atoms with Gasteiger partial charge in [-0.3, -0.25) is 9.69 Å². The average Bonchev–Trinajstić information content (AvgIpc) is 3.28. The lowest BCUT2D eigenvalue weighted by molar-refractivity contribution is 0.0622. The van der Waals surface area contributed by atoms with Gasteiger partial charge in [-0.15, -0.1) is 36.2 Å². The Morgan fingerprint density at radius 3 is 2.59 bits per heavy atom. The number of rotatable bonds is 4. The number of amides is 1. The number of nitrogens with two attached hydrogens (primary N) is 1. The van der Waals surface area contributed by atoms with Crippen molar-refractivity contribution in [2.45, 2.75) is 13.1 Å². The van der Waals surface area contributed by atoms with Gasteiger partial charge in [0.15, 0.2) is 0 Å². The van der Waals surface area contributed by atoms with Gasteiger partial charge in [-0.25, -0.2) is 9.97 Å². The molecule has 7 nitrogen and oxygen atoms in total. The van der Waals surface area contributed by atoms with Gasteiger partial charge in [0, 0.05) is 57.0 Å². The summed E-state index contributed by atoms with van der Waals surface area (Å²) >= 11 is 1.44. The molecule has 10 heteroatoms. The van der Waals surface area contributed by atoms with Gasteiger partial charge in [0.1, 0.15) is 16.3 Å². The first-order valence-corrected chi connectivity index (χ1v) is 9.19. The van der Waals surface area contributed by atoms with Crippen molar-refractivity contribution in [3.8, 4) is 0 Å². The van der Waals surface area contributed by atoms with Crippen molar-refractivity contribution in [1.29, 1.82) is 0 Å². The Balaban J connectivity index is 0.00000131. The minimum atomic E-state index is 0. The molecule has 27 heavy (non-hydrogen) atoms. The van der Waals surface area contributed by atoms with Crippen LogP contribution in [-0.2, 0) is 13.1 Å². The number of aromatic nitrogens is 3. The Kier molecular flexibility index (Phi) is 7.58. The molecule has 3 aromatic rings. The van der Waals surface area contributed by atoms with Crippen LogP contribution in [0.25, 0.3) is 5.65 Å². The molecule has 0 aliphatic carbocycles. The van der Waals surface area contributed by atoms with Gasteiger partial charge in [-0.2, -0.15) is 0 Å². The number of hydrogen-bond donors (Lipinski definition) is 1. The molecule has 3 aromatic heterocycles. The molecule has 4 heterocycles. The Morgan fingerprint density at radius 1 is 1.15 bits per heavy atom. The molecule has 1 aliphatic heterocycles. The quantitative estimate of drug-likeness (QED) is 0.687. The first-order valence-electron chi connectivity index (χ1n) is 8.31. The lowest BCUT2D eigenvalue weighted by Gasteiger charge is -2.34. The van der Waals surface area contributed by atoms with E-state index >= 15 is 0 Å². The summed E-state index contributed by atoms with van der Waals surface area (Å²) in [5.41, 5.74) is 8.10. The number of pyridine rings is 1. The summed E-state index contributed by atoms with van der Waals surface area (Å²) in [7, 11) is 0. The molecular weight excluding hydrogens is 407 g/mol. The van der Waals surface area contributed by atoms with Crippen molar-refractivity contribution in [2.75, 3.05) is 26.2 Å². The number of piperazine rings is 1. The minimum Gasteiger partial charge on any atom is -0.335 e. The third-order valence-corrected chi connectivity index (χ3v) is 5.28. The third kappa shape index (κ3) is 4.77. The molecule has 0 aromatic carbocycles. The number of thiazole rings is 1. The number of carbonyl (C=O) groups is 1. The van der Waals surface area contributed by atoms with Crippen molar-refractivity contribution in [3.05, 3.63) is 52.4 Å². The highest BCUT2D eigenvalue weighted by atomic mass is 35.5. The second-order valence-electron chi connectivity index (χ2n) is 6.10. The fourth-order valence-corrected chi connectivity index (χ4v) is 3.71. The van der Waals surface area contributed by atoms with Gasteiger partial charge in [-0.1, -0.05) is 6.07 Å². The Labute approximate surface area is 174 Å². The van der Waals surface area contributed by atoms with E-state index in [1.807, 2.05) is 33.7 Å². The zero-order chi connectivity index (χ0) is 17.2. The largest absolute Gasteiger partial charge is 0.335 e. The summed E-state index contributed by atoms with van der Waals surface area (Å²) < 4.78 is 2.03. The molecular formula is C17H22Cl2N6OS. The topological polar surface area (TPSA) is 79.8 Å². The molecule has 146 valence electrons. The Hall–Kier alpha value is -1.71. The van der Waals surface area contributed by atoms with Crippen LogP contribution in [0.5, 0.6) is 0 Å². The molecule has 0 spiro atoms. The van der Waals surface area contributed by atoms with Gasteiger partial charge < -0.3 is 15.0 Å². The van der Waals surface area contributed by atoms with Crippen LogP contribution in [0.3, 0.4) is 0 Å². The van der Waals surface area contributed by atoms with Crippen molar-refractivity contribution in [3.63, 3.8) is 0 Å². The van der Waals surface area contributed by atoms with Crippen molar-refractivity contribution in [2.24, 2.45) is 5.73 Å². The van der Waals surface area contributed by atoms with Crippen LogP contribution in [0.15, 0.2) is 36.0 Å². The minimum absolute atomic E-state index is 0. The van der Waals surface area contributed by atoms with E-state index < -0.39 is 0 Å². The fourth-order valence-electron chi connectivity index (χ4n) is 3.07. The van der Waals surface area contributed by atoms with Gasteiger partial charge >= 0.3 is 0 Å². The molecule has 0 bridgehead atoms. The molecule has 4 rings (SSSR count). The van der Waals surface area contributed by atoms with E-state index in [1.165, 1.54) is 11.3 Å². The summed E-state index contributed by atoms with van der Waals surface area (Å²) in [6.45, 7) is 4.28. The lowest BCUT2D eigenvalue weighted by atomic mass is 10.2. The highest BCUT2D eigenvalue weighted by Crippen LogP contribution is 2.14. The number of hydrogen-bond acceptors (Lipinski definition) is 6. The van der Waals surface area contributed by atoms with E-state index in [9.17, 15) is 4.79 Å². The van der Waals surface area contributed by atoms with Crippen LogP contribution in [-0.4, -0.2) is 56.3 Å². The van der Waals surface area contributed by atoms with E-state index in [-0.39, 0.29) is 30.7 Å². The van der Waals surface area contributed by atoms with Gasteiger partial charge in [0.2, 0.25) is 0 Å². The predicted octanol–water partition coefficient (Wildman–Crippen LogP) is 2.05. The zero-order valence-electron chi connectivity index (χ0n) is 14.7. The third-order valence-electron chi connectivity index (χ3n) is 4.40. The molecule has 0 unspecified atom stereocenters. The summed E-state index contributed by atoms with van der Waals surface area (Å²) in [4.78, 5) is 25.6. The highest BCUT2D eigenvalue weighted by molar-refractivity contribution is 7.09. The monoisotopic (exact) mass is 428 g/mol. The number of halogens is 2. The SMILES string of the molecule is Cl.Cl.NCc1nc(C(=O)N2CCN(Cc3cn4ccccc4n3)CC2)cs1. The molecule has 0 atom stereocenters. The van der Waals surface area contributed by atoms with E-state index in [0.29, 0.717) is 25.3 Å². The number of carbonyl (C=O) groups excluding carboxylic acids is 1. The van der Waals surface area contributed by atoms with Crippen LogP contribution in [0.1, 0.15) is 21.2 Å². The van der Waals surface area contributed by atoms with Gasteiger partial charge in [0.25, 0.3) is 5.91 Å². The number of nitrogens with zero attached hydrogens (tertiary/aromatic N) is 5. The normalized spacial score (nSPS) is 14.6. The van der Waals surface area contributed by atoms with Crippen LogP contribution in [0, 0.1) is 0 Å². The maximum absolute atomic E-state index is 12.5. The molecule has 0 saturated carbocycles. The summed E-state index contributed by atoms with van der Waals surface area (Å²) in [6.07, 6.45) is 4.07. The maximum Gasteiger partial charge on any atom is 0.273 e. The highest BCUT2D eigenvalue weighted by Gasteiger charge is 2.24. The fraction of sp³-hybridized carbons (Fsp3) is 0.353. The maximum atomic E-state index is 12.5. The predicted molar refractivity (Wildman–Crippen MR) is 111 cm³/mol. The molecule has 1 saturated heterocycles. The lowest BCUT2D eigenvalue weighted by Crippen LogP contribution is -2.48. The summed E-state index contributed by atoms with van der Waals surface area (Å²) in [6, 6.07) is 5.99. The first-order chi connectivity index (χ1) is 12.2. The second-order valence-corrected chi connectivity index (χ2v) is 7.04. The molecule has 1 amide bonds. The van der Waals surface area contributed by atoms with E-state index in [2.05, 4.69) is 21.1 Å². The van der Waals surface area contributed by atoms with E-state index in [0.717, 1.165) is 36.0 Å². The molecule has 1 aliphatic rings. The summed E-state index contributed by atoms with van der Waals surface area (Å²) in [5, 5.41) is 2.60. The van der Waals surface area contributed by atoms with Crippen LogP contribution < -0.4 is 5.73 Å². The van der Waals surface area contributed by atoms with Crippen LogP contribution in [0.2, 0.25) is 0 Å². The molecule has 0 radical (unpaired) electrons. The Bertz CT molecular complexity index is 857. The molecule has 2 N–H and O–H groups in total. The van der Waals surface area contributed by atoms with Crippen molar-refractivity contribution in [1.82, 2.24) is 24.2 Å². The van der Waals surface area contributed by atoms with E-state index in [4.69, 9.17) is 5.73 Å². The summed E-state index contributed by atoms with van der Waals surface area (Å²) in [5.74, 6) is 0.00308. The first kappa shape index (κ1) is 21.6. The smallest absolute Gasteiger partial charge is 0.273 e. The second kappa shape index (κ2) is 9.48. The zero-order valence-corrected chi connectivity index (χ0v) is 17.1. The van der Waals surface area contributed by atoms with Gasteiger partial charge in [-0.05, 0) is 12.1 Å². The number of fused-ring (bicyclic) bond motifs is 1. The van der Waals surface area contributed by atoms with Crippen molar-refractivity contribution >= 4 is 47.7 Å². The average molecular weight is 429 g/mol.